The van der Waals surface area contributed by atoms with Gasteiger partial charge in [0.15, 0.2) is 5.96 Å². The number of aliphatic imine (C=N–C) groups is 1. The minimum atomic E-state index is 0.733. The zero-order chi connectivity index (χ0) is 16.1. The molecule has 1 saturated heterocycles. The van der Waals surface area contributed by atoms with Crippen molar-refractivity contribution in [1.29, 1.82) is 0 Å². The predicted octanol–water partition coefficient (Wildman–Crippen LogP) is 2.25. The van der Waals surface area contributed by atoms with Gasteiger partial charge < -0.3 is 14.6 Å². The van der Waals surface area contributed by atoms with Crippen LogP contribution < -0.4 is 5.32 Å². The average Bonchev–Trinajstić information content (AvgIpc) is 2.79. The SMILES string of the molecule is CN=C(NCc1cc(C)oc1C)N1CCN(CC(C)C)CC1. The van der Waals surface area contributed by atoms with E-state index in [0.29, 0.717) is 0 Å². The Bertz CT molecular complexity index is 499. The first-order chi connectivity index (χ1) is 10.5. The van der Waals surface area contributed by atoms with Crippen LogP contribution in [-0.4, -0.2) is 55.5 Å². The lowest BCUT2D eigenvalue weighted by Crippen LogP contribution is -2.52. The van der Waals surface area contributed by atoms with E-state index in [1.165, 1.54) is 12.1 Å². The van der Waals surface area contributed by atoms with E-state index in [9.17, 15) is 0 Å². The molecule has 1 fully saturated rings. The number of aryl methyl sites for hydroxylation is 2. The molecule has 1 N–H and O–H groups in total. The Morgan fingerprint density at radius 2 is 1.95 bits per heavy atom. The third-order valence-electron chi connectivity index (χ3n) is 4.09. The predicted molar refractivity (Wildman–Crippen MR) is 91.2 cm³/mol. The van der Waals surface area contributed by atoms with Gasteiger partial charge in [-0.1, -0.05) is 13.8 Å². The summed E-state index contributed by atoms with van der Waals surface area (Å²) in [4.78, 5) is 9.32. The van der Waals surface area contributed by atoms with E-state index in [4.69, 9.17) is 4.42 Å². The lowest BCUT2D eigenvalue weighted by Gasteiger charge is -2.37. The monoisotopic (exact) mass is 306 g/mol. The van der Waals surface area contributed by atoms with E-state index >= 15 is 0 Å². The molecular formula is C17H30N4O. The quantitative estimate of drug-likeness (QED) is 0.684. The first-order valence-corrected chi connectivity index (χ1v) is 8.23. The molecule has 0 amide bonds. The molecule has 22 heavy (non-hydrogen) atoms. The Labute approximate surface area is 134 Å². The Balaban J connectivity index is 1.84. The molecule has 0 radical (unpaired) electrons. The standard InChI is InChI=1S/C17H30N4O/c1-13(2)12-20-6-8-21(9-7-20)17(18-5)19-11-16-10-14(3)22-15(16)4/h10,13H,6-9,11-12H2,1-5H3,(H,18,19). The topological polar surface area (TPSA) is 44.0 Å². The lowest BCUT2D eigenvalue weighted by atomic mass is 10.2. The Kier molecular flexibility index (Phi) is 5.89. The summed E-state index contributed by atoms with van der Waals surface area (Å²) in [6.07, 6.45) is 0. The van der Waals surface area contributed by atoms with Gasteiger partial charge in [0.25, 0.3) is 0 Å². The van der Waals surface area contributed by atoms with Crippen molar-refractivity contribution in [2.45, 2.75) is 34.2 Å². The maximum atomic E-state index is 5.58. The second-order valence-corrected chi connectivity index (χ2v) is 6.52. The minimum Gasteiger partial charge on any atom is -0.466 e. The van der Waals surface area contributed by atoms with Crippen molar-refractivity contribution < 1.29 is 4.42 Å². The number of guanidine groups is 1. The van der Waals surface area contributed by atoms with E-state index in [0.717, 1.165) is 56.1 Å². The van der Waals surface area contributed by atoms with Crippen LogP contribution in [0, 0.1) is 19.8 Å². The van der Waals surface area contributed by atoms with E-state index in [2.05, 4.69) is 40.0 Å². The largest absolute Gasteiger partial charge is 0.466 e. The van der Waals surface area contributed by atoms with Crippen LogP contribution in [0.25, 0.3) is 0 Å². The smallest absolute Gasteiger partial charge is 0.194 e. The van der Waals surface area contributed by atoms with Crippen LogP contribution in [0.1, 0.15) is 30.9 Å². The van der Waals surface area contributed by atoms with Crippen LogP contribution in [0.4, 0.5) is 0 Å². The van der Waals surface area contributed by atoms with Crippen molar-refractivity contribution in [1.82, 2.24) is 15.1 Å². The molecule has 0 aliphatic carbocycles. The average molecular weight is 306 g/mol. The summed E-state index contributed by atoms with van der Waals surface area (Å²) in [6, 6.07) is 2.09. The van der Waals surface area contributed by atoms with Crippen molar-refractivity contribution in [3.63, 3.8) is 0 Å². The summed E-state index contributed by atoms with van der Waals surface area (Å²) in [5.41, 5.74) is 1.21. The highest BCUT2D eigenvalue weighted by Gasteiger charge is 2.20. The molecule has 2 heterocycles. The number of hydrogen-bond acceptors (Lipinski definition) is 3. The van der Waals surface area contributed by atoms with Crippen LogP contribution in [0.3, 0.4) is 0 Å². The van der Waals surface area contributed by atoms with Crippen LogP contribution in [0.15, 0.2) is 15.5 Å². The molecule has 0 bridgehead atoms. The summed E-state index contributed by atoms with van der Waals surface area (Å²) < 4.78 is 5.58. The molecule has 0 atom stereocenters. The van der Waals surface area contributed by atoms with Crippen LogP contribution in [0.2, 0.25) is 0 Å². The van der Waals surface area contributed by atoms with Gasteiger partial charge in [0.05, 0.1) is 0 Å². The fourth-order valence-electron chi connectivity index (χ4n) is 3.02. The molecule has 124 valence electrons. The molecule has 1 aromatic rings. The highest BCUT2D eigenvalue weighted by atomic mass is 16.3. The van der Waals surface area contributed by atoms with Crippen molar-refractivity contribution in [3.8, 4) is 0 Å². The minimum absolute atomic E-state index is 0.733. The highest BCUT2D eigenvalue weighted by Crippen LogP contribution is 2.13. The zero-order valence-electron chi connectivity index (χ0n) is 14.6. The van der Waals surface area contributed by atoms with E-state index in [1.54, 1.807) is 0 Å². The number of nitrogens with zero attached hydrogens (tertiary/aromatic N) is 3. The molecule has 1 aliphatic heterocycles. The fourth-order valence-corrected chi connectivity index (χ4v) is 3.02. The summed E-state index contributed by atoms with van der Waals surface area (Å²) in [6.45, 7) is 14.8. The number of furan rings is 1. The zero-order valence-corrected chi connectivity index (χ0v) is 14.6. The molecule has 2 rings (SSSR count). The van der Waals surface area contributed by atoms with Gasteiger partial charge >= 0.3 is 0 Å². The van der Waals surface area contributed by atoms with E-state index < -0.39 is 0 Å². The number of nitrogens with one attached hydrogen (secondary N) is 1. The second kappa shape index (κ2) is 7.68. The first kappa shape index (κ1) is 16.9. The third-order valence-corrected chi connectivity index (χ3v) is 4.09. The molecular weight excluding hydrogens is 276 g/mol. The van der Waals surface area contributed by atoms with Gasteiger partial charge in [-0.15, -0.1) is 0 Å². The molecule has 5 nitrogen and oxygen atoms in total. The van der Waals surface area contributed by atoms with Gasteiger partial charge in [-0.05, 0) is 25.8 Å². The van der Waals surface area contributed by atoms with Crippen LogP contribution in [-0.2, 0) is 6.54 Å². The van der Waals surface area contributed by atoms with Gasteiger partial charge in [-0.3, -0.25) is 9.89 Å². The molecule has 0 unspecified atom stereocenters. The molecule has 0 saturated carbocycles. The molecule has 5 heteroatoms. The van der Waals surface area contributed by atoms with E-state index in [-0.39, 0.29) is 0 Å². The molecule has 1 aromatic heterocycles. The van der Waals surface area contributed by atoms with Crippen molar-refractivity contribution in [2.24, 2.45) is 10.9 Å². The Morgan fingerprint density at radius 1 is 1.27 bits per heavy atom. The van der Waals surface area contributed by atoms with E-state index in [1.807, 2.05) is 20.9 Å². The van der Waals surface area contributed by atoms with Gasteiger partial charge in [-0.2, -0.15) is 0 Å². The summed E-state index contributed by atoms with van der Waals surface area (Å²) >= 11 is 0. The number of piperazine rings is 1. The maximum absolute atomic E-state index is 5.58. The lowest BCUT2D eigenvalue weighted by molar-refractivity contribution is 0.164. The van der Waals surface area contributed by atoms with Gasteiger partial charge in [0.2, 0.25) is 0 Å². The van der Waals surface area contributed by atoms with Gasteiger partial charge in [-0.25, -0.2) is 0 Å². The molecule has 0 aromatic carbocycles. The summed E-state index contributed by atoms with van der Waals surface area (Å²) in [5, 5.41) is 3.46. The van der Waals surface area contributed by atoms with Crippen molar-refractivity contribution in [2.75, 3.05) is 39.8 Å². The van der Waals surface area contributed by atoms with Crippen LogP contribution >= 0.6 is 0 Å². The van der Waals surface area contributed by atoms with Crippen molar-refractivity contribution >= 4 is 5.96 Å². The molecule has 1 aliphatic rings. The first-order valence-electron chi connectivity index (χ1n) is 8.23. The number of rotatable bonds is 4. The fraction of sp³-hybridized carbons (Fsp3) is 0.706. The normalized spacial score (nSPS) is 17.4. The second-order valence-electron chi connectivity index (χ2n) is 6.52. The van der Waals surface area contributed by atoms with Crippen molar-refractivity contribution in [3.05, 3.63) is 23.2 Å². The third kappa shape index (κ3) is 4.50. The molecule has 0 spiro atoms. The van der Waals surface area contributed by atoms with Gasteiger partial charge in [0.1, 0.15) is 11.5 Å². The Morgan fingerprint density at radius 3 is 2.45 bits per heavy atom. The maximum Gasteiger partial charge on any atom is 0.194 e. The summed E-state index contributed by atoms with van der Waals surface area (Å²) in [7, 11) is 1.86. The highest BCUT2D eigenvalue weighted by molar-refractivity contribution is 5.80. The Hall–Kier alpha value is -1.49. The van der Waals surface area contributed by atoms with Crippen LogP contribution in [0.5, 0.6) is 0 Å². The van der Waals surface area contributed by atoms with Gasteiger partial charge in [0, 0.05) is 51.9 Å². The summed E-state index contributed by atoms with van der Waals surface area (Å²) in [5.74, 6) is 3.67. The number of hydrogen-bond donors (Lipinski definition) is 1.